The van der Waals surface area contributed by atoms with Gasteiger partial charge in [0.1, 0.15) is 11.5 Å². The number of amides is 3. The lowest BCUT2D eigenvalue weighted by atomic mass is 10.2. The first kappa shape index (κ1) is 23.6. The molecular formula is C23H14Cl3FN4O3. The molecule has 0 aliphatic heterocycles. The molecule has 0 bridgehead atoms. The van der Waals surface area contributed by atoms with Gasteiger partial charge < -0.3 is 10.6 Å². The lowest BCUT2D eigenvalue weighted by Crippen LogP contribution is -2.36. The van der Waals surface area contributed by atoms with Crippen LogP contribution in [0.4, 0.5) is 15.8 Å². The van der Waals surface area contributed by atoms with Crippen molar-refractivity contribution in [3.05, 3.63) is 93.3 Å². The van der Waals surface area contributed by atoms with E-state index in [1.165, 1.54) is 30.3 Å². The molecule has 3 aromatic carbocycles. The molecule has 0 atom stereocenters. The fraction of sp³-hybridized carbons (Fsp3) is 0. The second kappa shape index (κ2) is 9.72. The average Bonchev–Trinajstić information content (AvgIpc) is 3.14. The molecule has 4 aromatic rings. The third-order valence-electron chi connectivity index (χ3n) is 4.70. The van der Waals surface area contributed by atoms with Crippen molar-refractivity contribution in [1.29, 1.82) is 0 Å². The van der Waals surface area contributed by atoms with Crippen molar-refractivity contribution in [2.45, 2.75) is 0 Å². The molecule has 0 aliphatic carbocycles. The topological polar surface area (TPSA) is 92.2 Å². The molecule has 0 saturated heterocycles. The number of benzene rings is 3. The predicted octanol–water partition coefficient (Wildman–Crippen LogP) is 5.70. The third kappa shape index (κ3) is 5.14. The van der Waals surface area contributed by atoms with E-state index in [9.17, 15) is 18.8 Å². The molecule has 1 heterocycles. The number of halogens is 4. The molecule has 0 saturated carbocycles. The second-order valence-corrected chi connectivity index (χ2v) is 8.33. The lowest BCUT2D eigenvalue weighted by Gasteiger charge is -2.13. The number of hydrogen-bond acceptors (Lipinski definition) is 3. The van der Waals surface area contributed by atoms with Crippen LogP contribution < -0.4 is 16.1 Å². The van der Waals surface area contributed by atoms with Gasteiger partial charge in [-0.05, 0) is 66.7 Å². The van der Waals surface area contributed by atoms with Crippen molar-refractivity contribution < 1.29 is 18.8 Å². The summed E-state index contributed by atoms with van der Waals surface area (Å²) >= 11 is 18.1. The molecule has 0 radical (unpaired) electrons. The first-order valence-electron chi connectivity index (χ1n) is 9.66. The Morgan fingerprint density at radius 1 is 0.765 bits per heavy atom. The fourth-order valence-electron chi connectivity index (χ4n) is 3.12. The molecule has 0 spiro atoms. The van der Waals surface area contributed by atoms with E-state index in [0.717, 1.165) is 16.8 Å². The molecule has 0 unspecified atom stereocenters. The van der Waals surface area contributed by atoms with Crippen molar-refractivity contribution in [2.24, 2.45) is 0 Å². The zero-order chi connectivity index (χ0) is 24.4. The highest BCUT2D eigenvalue weighted by atomic mass is 35.5. The van der Waals surface area contributed by atoms with Crippen molar-refractivity contribution in [3.63, 3.8) is 0 Å². The van der Waals surface area contributed by atoms with Gasteiger partial charge in [-0.25, -0.2) is 9.07 Å². The Labute approximate surface area is 207 Å². The van der Waals surface area contributed by atoms with Gasteiger partial charge >= 0.3 is 11.8 Å². The van der Waals surface area contributed by atoms with E-state index in [1.807, 2.05) is 0 Å². The third-order valence-corrected chi connectivity index (χ3v) is 5.48. The van der Waals surface area contributed by atoms with Gasteiger partial charge in [-0.3, -0.25) is 19.8 Å². The summed E-state index contributed by atoms with van der Waals surface area (Å²) in [5.41, 5.74) is 3.35. The molecule has 172 valence electrons. The van der Waals surface area contributed by atoms with Crippen LogP contribution in [0.15, 0.2) is 66.7 Å². The van der Waals surface area contributed by atoms with E-state index in [2.05, 4.69) is 16.1 Å². The molecule has 34 heavy (non-hydrogen) atoms. The molecule has 1 aromatic heterocycles. The van der Waals surface area contributed by atoms with Crippen LogP contribution in [0.2, 0.25) is 15.1 Å². The predicted molar refractivity (Wildman–Crippen MR) is 131 cm³/mol. The second-order valence-electron chi connectivity index (χ2n) is 7.05. The molecule has 7 nitrogen and oxygen atoms in total. The summed E-state index contributed by atoms with van der Waals surface area (Å²) in [6, 6.07) is 15.7. The van der Waals surface area contributed by atoms with E-state index in [1.54, 1.807) is 24.3 Å². The van der Waals surface area contributed by atoms with Crippen LogP contribution in [0.5, 0.6) is 0 Å². The van der Waals surface area contributed by atoms with Gasteiger partial charge in [0.05, 0.1) is 16.2 Å². The summed E-state index contributed by atoms with van der Waals surface area (Å²) in [4.78, 5) is 38.0. The van der Waals surface area contributed by atoms with Gasteiger partial charge in [-0.2, -0.15) is 0 Å². The normalized spacial score (nSPS) is 10.7. The summed E-state index contributed by atoms with van der Waals surface area (Å²) in [6.07, 6.45) is 0. The van der Waals surface area contributed by atoms with Crippen LogP contribution >= 0.6 is 34.8 Å². The van der Waals surface area contributed by atoms with Gasteiger partial charge in [0, 0.05) is 21.1 Å². The molecule has 11 heteroatoms. The Bertz CT molecular complexity index is 1440. The van der Waals surface area contributed by atoms with Crippen LogP contribution in [-0.2, 0) is 9.59 Å². The molecule has 0 fully saturated rings. The Balaban J connectivity index is 1.63. The zero-order valence-corrected chi connectivity index (χ0v) is 19.3. The van der Waals surface area contributed by atoms with Gasteiger partial charge in [-0.15, -0.1) is 0 Å². The maximum atomic E-state index is 13.1. The van der Waals surface area contributed by atoms with Gasteiger partial charge in [0.15, 0.2) is 0 Å². The SMILES string of the molecule is O=C(Nc1ccc(F)cc1)C(=O)Nn1c(C(=O)Nc2ccc(Cl)cc2Cl)cc2cc(Cl)ccc21. The largest absolute Gasteiger partial charge is 0.328 e. The minimum atomic E-state index is -1.06. The van der Waals surface area contributed by atoms with Gasteiger partial charge in [-0.1, -0.05) is 34.8 Å². The van der Waals surface area contributed by atoms with Crippen molar-refractivity contribution in [2.75, 3.05) is 16.1 Å². The van der Waals surface area contributed by atoms with Crippen LogP contribution in [0.3, 0.4) is 0 Å². The van der Waals surface area contributed by atoms with E-state index >= 15 is 0 Å². The average molecular weight is 520 g/mol. The van der Waals surface area contributed by atoms with E-state index in [-0.39, 0.29) is 16.4 Å². The molecule has 4 rings (SSSR count). The fourth-order valence-corrected chi connectivity index (χ4v) is 3.76. The van der Waals surface area contributed by atoms with Crippen molar-refractivity contribution in [3.8, 4) is 0 Å². The summed E-state index contributed by atoms with van der Waals surface area (Å²) in [7, 11) is 0. The molecule has 3 N–H and O–H groups in total. The van der Waals surface area contributed by atoms with E-state index in [0.29, 0.717) is 26.6 Å². The number of anilines is 2. The van der Waals surface area contributed by atoms with Crippen LogP contribution in [0.25, 0.3) is 10.9 Å². The Hall–Kier alpha value is -3.59. The lowest BCUT2D eigenvalue weighted by molar-refractivity contribution is -0.133. The van der Waals surface area contributed by atoms with Crippen molar-refractivity contribution in [1.82, 2.24) is 4.68 Å². The number of carbonyl (C=O) groups excluding carboxylic acids is 3. The van der Waals surface area contributed by atoms with E-state index < -0.39 is 23.5 Å². The number of carbonyl (C=O) groups is 3. The quantitative estimate of drug-likeness (QED) is 0.302. The number of rotatable bonds is 4. The first-order chi connectivity index (χ1) is 16.2. The number of hydrogen-bond donors (Lipinski definition) is 3. The summed E-state index contributed by atoms with van der Waals surface area (Å²) in [5, 5.41) is 6.57. The monoisotopic (exact) mass is 518 g/mol. The molecule has 3 amide bonds. The highest BCUT2D eigenvalue weighted by molar-refractivity contribution is 6.42. The van der Waals surface area contributed by atoms with Crippen LogP contribution in [-0.4, -0.2) is 22.4 Å². The molecular weight excluding hydrogens is 506 g/mol. The molecule has 0 aliphatic rings. The van der Waals surface area contributed by atoms with Crippen molar-refractivity contribution >= 4 is 74.8 Å². The van der Waals surface area contributed by atoms with Gasteiger partial charge in [0.25, 0.3) is 5.91 Å². The minimum absolute atomic E-state index is 0.00576. The Morgan fingerprint density at radius 2 is 1.44 bits per heavy atom. The van der Waals surface area contributed by atoms with Gasteiger partial charge in [0.2, 0.25) is 0 Å². The Morgan fingerprint density at radius 3 is 2.15 bits per heavy atom. The standard InChI is InChI=1S/C23H14Cl3FN4O3/c24-13-2-8-19-12(9-13)10-20(21(32)29-18-7-1-14(25)11-17(18)26)31(19)30-23(34)22(33)28-16-5-3-15(27)4-6-16/h1-11H,(H,28,33)(H,29,32)(H,30,34). The smallest absolute Gasteiger partial charge is 0.319 e. The van der Waals surface area contributed by atoms with Crippen LogP contribution in [0, 0.1) is 5.82 Å². The highest BCUT2D eigenvalue weighted by Gasteiger charge is 2.22. The number of aromatic nitrogens is 1. The minimum Gasteiger partial charge on any atom is -0.319 e. The maximum Gasteiger partial charge on any atom is 0.328 e. The maximum absolute atomic E-state index is 13.1. The number of nitrogens with zero attached hydrogens (tertiary/aromatic N) is 1. The highest BCUT2D eigenvalue weighted by Crippen LogP contribution is 2.27. The Kier molecular flexibility index (Phi) is 6.74. The number of fused-ring (bicyclic) bond motifs is 1. The zero-order valence-electron chi connectivity index (χ0n) is 17.0. The summed E-state index contributed by atoms with van der Waals surface area (Å²) < 4.78 is 14.2. The summed E-state index contributed by atoms with van der Waals surface area (Å²) in [6.45, 7) is 0. The number of nitrogens with one attached hydrogen (secondary N) is 3. The first-order valence-corrected chi connectivity index (χ1v) is 10.8. The summed E-state index contributed by atoms with van der Waals surface area (Å²) in [5.74, 6) is -3.18. The van der Waals surface area contributed by atoms with Crippen LogP contribution in [0.1, 0.15) is 10.5 Å². The van der Waals surface area contributed by atoms with E-state index in [4.69, 9.17) is 34.8 Å².